The molecule has 0 aromatic carbocycles. The number of hydrogen-bond acceptors (Lipinski definition) is 3. The lowest BCUT2D eigenvalue weighted by molar-refractivity contribution is -0.221. The summed E-state index contributed by atoms with van der Waals surface area (Å²) in [6.45, 7) is 13.4. The lowest BCUT2D eigenvalue weighted by atomic mass is 9.43. The molecular formula is C32H56O3. The fraction of sp³-hybridized carbons (Fsp3) is 1.00. The second-order valence-corrected chi connectivity index (χ2v) is 14.7. The molecule has 3 nitrogen and oxygen atoms in total. The van der Waals surface area contributed by atoms with Crippen LogP contribution in [0.1, 0.15) is 125 Å². The molecule has 2 unspecified atom stereocenters. The molecule has 0 amide bonds. The molecule has 3 heteroatoms. The first-order valence-corrected chi connectivity index (χ1v) is 15.7. The normalized spacial score (nSPS) is 48.8. The van der Waals surface area contributed by atoms with Crippen molar-refractivity contribution in [1.29, 1.82) is 0 Å². The van der Waals surface area contributed by atoms with Crippen LogP contribution < -0.4 is 0 Å². The molecule has 35 heavy (non-hydrogen) atoms. The standard InChI is InChI=1S/C32H56O3/c1-21(2)9-8-10-22(3)25-12-13-26-30-27(15-17-32(25,26)5)31(4)16-14-24(19-23(31)20-28(30)33)35-29-11-6-7-18-34-29/h21-30,33H,6-20H2,1-5H3/t22-,23?,24+,25-,26+,27+,28+,29?,30+,31+,32-/m1/s1. The smallest absolute Gasteiger partial charge is 0.157 e. The molecular weight excluding hydrogens is 432 g/mol. The van der Waals surface area contributed by atoms with Crippen molar-refractivity contribution in [1.82, 2.24) is 0 Å². The van der Waals surface area contributed by atoms with E-state index in [-0.39, 0.29) is 12.4 Å². The van der Waals surface area contributed by atoms with E-state index in [9.17, 15) is 5.11 Å². The van der Waals surface area contributed by atoms with Gasteiger partial charge < -0.3 is 14.6 Å². The first-order valence-electron chi connectivity index (χ1n) is 15.7. The minimum absolute atomic E-state index is 0.0210. The van der Waals surface area contributed by atoms with Crippen LogP contribution in [0.4, 0.5) is 0 Å². The van der Waals surface area contributed by atoms with Crippen molar-refractivity contribution >= 4 is 0 Å². The number of aliphatic hydroxyl groups is 1. The van der Waals surface area contributed by atoms with Crippen LogP contribution in [0.5, 0.6) is 0 Å². The van der Waals surface area contributed by atoms with Gasteiger partial charge in [-0.3, -0.25) is 0 Å². The lowest BCUT2D eigenvalue weighted by Crippen LogP contribution is -2.59. The van der Waals surface area contributed by atoms with Gasteiger partial charge in [-0.2, -0.15) is 0 Å². The zero-order valence-corrected chi connectivity index (χ0v) is 23.6. The molecule has 11 atom stereocenters. The topological polar surface area (TPSA) is 38.7 Å². The van der Waals surface area contributed by atoms with Crippen molar-refractivity contribution in [2.45, 2.75) is 143 Å². The summed E-state index contributed by atoms with van der Waals surface area (Å²) >= 11 is 0. The van der Waals surface area contributed by atoms with Gasteiger partial charge in [0.2, 0.25) is 0 Å². The molecule has 1 aliphatic heterocycles. The molecule has 0 spiro atoms. The summed E-state index contributed by atoms with van der Waals surface area (Å²) in [5.74, 6) is 5.09. The molecule has 0 aromatic heterocycles. The Balaban J connectivity index is 1.25. The van der Waals surface area contributed by atoms with Gasteiger partial charge >= 0.3 is 0 Å². The van der Waals surface area contributed by atoms with E-state index in [2.05, 4.69) is 34.6 Å². The predicted molar refractivity (Wildman–Crippen MR) is 143 cm³/mol. The van der Waals surface area contributed by atoms with Crippen LogP contribution in [-0.2, 0) is 9.47 Å². The van der Waals surface area contributed by atoms with Gasteiger partial charge in [0.1, 0.15) is 0 Å². The molecule has 5 rings (SSSR count). The molecule has 5 aliphatic rings. The molecule has 1 heterocycles. The van der Waals surface area contributed by atoms with Crippen LogP contribution in [0.2, 0.25) is 0 Å². The summed E-state index contributed by atoms with van der Waals surface area (Å²) in [6, 6.07) is 0. The van der Waals surface area contributed by atoms with Crippen LogP contribution in [0.25, 0.3) is 0 Å². The van der Waals surface area contributed by atoms with Gasteiger partial charge in [-0.1, -0.05) is 53.9 Å². The van der Waals surface area contributed by atoms with E-state index in [4.69, 9.17) is 9.47 Å². The maximum Gasteiger partial charge on any atom is 0.157 e. The average Bonchev–Trinajstić information content (AvgIpc) is 3.17. The average molecular weight is 489 g/mol. The third-order valence-corrected chi connectivity index (χ3v) is 12.3. The Morgan fingerprint density at radius 2 is 1.66 bits per heavy atom. The van der Waals surface area contributed by atoms with Crippen molar-refractivity contribution in [3.8, 4) is 0 Å². The Morgan fingerprint density at radius 1 is 0.886 bits per heavy atom. The lowest BCUT2D eigenvalue weighted by Gasteiger charge is -2.62. The quantitative estimate of drug-likeness (QED) is 0.369. The number of hydrogen-bond donors (Lipinski definition) is 1. The predicted octanol–water partition coefficient (Wildman–Crippen LogP) is 7.99. The van der Waals surface area contributed by atoms with E-state index in [1.165, 1.54) is 70.6 Å². The highest BCUT2D eigenvalue weighted by Gasteiger charge is 2.63. The third kappa shape index (κ3) is 5.01. The van der Waals surface area contributed by atoms with E-state index in [0.29, 0.717) is 34.7 Å². The van der Waals surface area contributed by atoms with Crippen LogP contribution in [-0.4, -0.2) is 30.2 Å². The summed E-state index contributed by atoms with van der Waals surface area (Å²) in [7, 11) is 0. The van der Waals surface area contributed by atoms with Gasteiger partial charge in [-0.15, -0.1) is 0 Å². The van der Waals surface area contributed by atoms with E-state index in [0.717, 1.165) is 49.5 Å². The molecule has 0 aromatic rings. The van der Waals surface area contributed by atoms with E-state index >= 15 is 0 Å². The highest BCUT2D eigenvalue weighted by molar-refractivity contribution is 5.11. The molecule has 4 aliphatic carbocycles. The number of ether oxygens (including phenoxy) is 2. The number of aliphatic hydroxyl groups excluding tert-OH is 1. The third-order valence-electron chi connectivity index (χ3n) is 12.3. The number of rotatable bonds is 7. The van der Waals surface area contributed by atoms with E-state index in [1.54, 1.807) is 0 Å². The second-order valence-electron chi connectivity index (χ2n) is 14.7. The van der Waals surface area contributed by atoms with Crippen LogP contribution in [0.3, 0.4) is 0 Å². The Labute approximate surface area is 216 Å². The summed E-state index contributed by atoms with van der Waals surface area (Å²) in [5.41, 5.74) is 0.834. The van der Waals surface area contributed by atoms with Gasteiger partial charge in [0.15, 0.2) is 6.29 Å². The van der Waals surface area contributed by atoms with Crippen molar-refractivity contribution in [3.63, 3.8) is 0 Å². The highest BCUT2D eigenvalue weighted by atomic mass is 16.7. The van der Waals surface area contributed by atoms with Crippen LogP contribution in [0, 0.1) is 52.3 Å². The summed E-state index contributed by atoms with van der Waals surface area (Å²) in [6.07, 6.45) is 18.0. The van der Waals surface area contributed by atoms with Crippen molar-refractivity contribution in [2.75, 3.05) is 6.61 Å². The monoisotopic (exact) mass is 488 g/mol. The van der Waals surface area contributed by atoms with Crippen molar-refractivity contribution in [2.24, 2.45) is 52.3 Å². The first-order chi connectivity index (χ1) is 16.7. The summed E-state index contributed by atoms with van der Waals surface area (Å²) in [4.78, 5) is 0. The zero-order valence-electron chi connectivity index (χ0n) is 23.6. The first kappa shape index (κ1) is 26.5. The zero-order chi connectivity index (χ0) is 24.8. The van der Waals surface area contributed by atoms with Gasteiger partial charge in [0, 0.05) is 6.61 Å². The largest absolute Gasteiger partial charge is 0.393 e. The van der Waals surface area contributed by atoms with Crippen LogP contribution in [0.15, 0.2) is 0 Å². The fourth-order valence-electron chi connectivity index (χ4n) is 10.4. The second kappa shape index (κ2) is 10.6. The molecule has 0 radical (unpaired) electrons. The van der Waals surface area contributed by atoms with Crippen LogP contribution >= 0.6 is 0 Å². The van der Waals surface area contributed by atoms with Crippen molar-refractivity contribution < 1.29 is 14.6 Å². The van der Waals surface area contributed by atoms with E-state index < -0.39 is 0 Å². The summed E-state index contributed by atoms with van der Waals surface area (Å²) in [5, 5.41) is 11.7. The molecule has 202 valence electrons. The molecule has 1 saturated heterocycles. The molecule has 1 N–H and O–H groups in total. The number of fused-ring (bicyclic) bond motifs is 5. The molecule has 5 fully saturated rings. The summed E-state index contributed by atoms with van der Waals surface area (Å²) < 4.78 is 12.4. The Morgan fingerprint density at radius 3 is 2.40 bits per heavy atom. The minimum Gasteiger partial charge on any atom is -0.393 e. The van der Waals surface area contributed by atoms with Crippen molar-refractivity contribution in [3.05, 3.63) is 0 Å². The SMILES string of the molecule is CC(C)CCC[C@@H](C)[C@H]1CC[C@H]2[C@@H]3[C@@H](O)CC4C[C@@H](OC5CCCCO5)CC[C@]4(C)[C@H]3CC[C@]12C. The maximum absolute atomic E-state index is 11.7. The minimum atomic E-state index is -0.109. The van der Waals surface area contributed by atoms with Gasteiger partial charge in [-0.25, -0.2) is 0 Å². The maximum atomic E-state index is 11.7. The van der Waals surface area contributed by atoms with Gasteiger partial charge in [-0.05, 0) is 123 Å². The van der Waals surface area contributed by atoms with Gasteiger partial charge in [0.25, 0.3) is 0 Å². The Hall–Kier alpha value is -0.120. The van der Waals surface area contributed by atoms with Gasteiger partial charge in [0.05, 0.1) is 12.2 Å². The Kier molecular flexibility index (Phi) is 7.99. The molecule has 4 saturated carbocycles. The Bertz CT molecular complexity index is 701. The highest BCUT2D eigenvalue weighted by Crippen LogP contribution is 2.68. The molecule has 0 bridgehead atoms. The van der Waals surface area contributed by atoms with E-state index in [1.807, 2.05) is 0 Å². The fourth-order valence-corrected chi connectivity index (χ4v) is 10.4.